The van der Waals surface area contributed by atoms with E-state index in [0.29, 0.717) is 16.9 Å². The van der Waals surface area contributed by atoms with Gasteiger partial charge in [-0.05, 0) is 68.5 Å². The lowest BCUT2D eigenvalue weighted by atomic mass is 9.97. The molecule has 1 heterocycles. The van der Waals surface area contributed by atoms with E-state index in [4.69, 9.17) is 0 Å². The maximum Gasteiger partial charge on any atom is 0.337 e. The van der Waals surface area contributed by atoms with E-state index < -0.39 is 5.97 Å². The van der Waals surface area contributed by atoms with Crippen LogP contribution in [0.5, 0.6) is 0 Å². The normalized spacial score (nSPS) is 13.4. The van der Waals surface area contributed by atoms with Crippen molar-refractivity contribution in [1.29, 1.82) is 0 Å². The molecule has 0 radical (unpaired) electrons. The molecule has 3 rings (SSSR count). The second-order valence-electron chi connectivity index (χ2n) is 6.74. The van der Waals surface area contributed by atoms with Crippen molar-refractivity contribution < 1.29 is 14.3 Å². The molecule has 1 aromatic heterocycles. The van der Waals surface area contributed by atoms with Crippen LogP contribution in [0, 0.1) is 0 Å². The Morgan fingerprint density at radius 2 is 1.86 bits per heavy atom. The highest BCUT2D eigenvalue weighted by atomic mass is 16.5. The van der Waals surface area contributed by atoms with Gasteiger partial charge >= 0.3 is 5.97 Å². The third kappa shape index (κ3) is 5.42. The molecule has 0 unspecified atom stereocenters. The number of hydrogen-bond acceptors (Lipinski definition) is 5. The first-order chi connectivity index (χ1) is 13.7. The molecule has 1 aliphatic carbocycles. The van der Waals surface area contributed by atoms with E-state index in [1.807, 2.05) is 6.07 Å². The largest absolute Gasteiger partial charge is 0.465 e. The number of hydrogen-bond donors (Lipinski definition) is 2. The van der Waals surface area contributed by atoms with Crippen LogP contribution in [0.1, 0.15) is 53.0 Å². The lowest BCUT2D eigenvalue weighted by Crippen LogP contribution is -2.14. The number of benzene rings is 1. The molecule has 28 heavy (non-hydrogen) atoms. The maximum absolute atomic E-state index is 12.3. The number of ether oxygens (including phenoxy) is 1. The zero-order valence-corrected chi connectivity index (χ0v) is 16.0. The van der Waals surface area contributed by atoms with Crippen molar-refractivity contribution in [3.05, 3.63) is 65.5 Å². The summed E-state index contributed by atoms with van der Waals surface area (Å²) in [5, 5.41) is 6.12. The lowest BCUT2D eigenvalue weighted by molar-refractivity contribution is 0.0600. The van der Waals surface area contributed by atoms with Gasteiger partial charge in [-0.3, -0.25) is 4.79 Å². The first-order valence-corrected chi connectivity index (χ1v) is 9.53. The number of esters is 1. The van der Waals surface area contributed by atoms with E-state index in [-0.39, 0.29) is 5.91 Å². The van der Waals surface area contributed by atoms with Crippen molar-refractivity contribution in [3.8, 4) is 0 Å². The van der Waals surface area contributed by atoms with Crippen LogP contribution in [0.3, 0.4) is 0 Å². The van der Waals surface area contributed by atoms with Crippen molar-refractivity contribution in [2.24, 2.45) is 0 Å². The van der Waals surface area contributed by atoms with Crippen molar-refractivity contribution in [2.45, 2.75) is 32.1 Å². The van der Waals surface area contributed by atoms with Crippen LogP contribution in [0.4, 0.5) is 11.4 Å². The maximum atomic E-state index is 12.3. The molecule has 0 spiro atoms. The fourth-order valence-electron chi connectivity index (χ4n) is 3.13. The highest BCUT2D eigenvalue weighted by molar-refractivity contribution is 6.03. The number of pyridine rings is 1. The summed E-state index contributed by atoms with van der Waals surface area (Å²) in [6, 6.07) is 10.1. The highest BCUT2D eigenvalue weighted by Crippen LogP contribution is 2.20. The van der Waals surface area contributed by atoms with E-state index in [2.05, 4.69) is 26.4 Å². The minimum atomic E-state index is -0.414. The molecule has 2 aromatic rings. The summed E-state index contributed by atoms with van der Waals surface area (Å²) in [4.78, 5) is 28.0. The molecular formula is C22H25N3O3. The van der Waals surface area contributed by atoms with Crippen molar-refractivity contribution >= 4 is 23.3 Å². The predicted molar refractivity (Wildman–Crippen MR) is 110 cm³/mol. The van der Waals surface area contributed by atoms with Gasteiger partial charge in [-0.2, -0.15) is 0 Å². The van der Waals surface area contributed by atoms with Gasteiger partial charge in [0.05, 0.1) is 24.6 Å². The molecule has 0 saturated heterocycles. The SMILES string of the molecule is COC(=O)c1ccc(NC(=O)c2ccc(NCCC3=CCCCC3)cn2)cc1. The minimum Gasteiger partial charge on any atom is -0.465 e. The fraction of sp³-hybridized carbons (Fsp3) is 0.318. The minimum absolute atomic E-state index is 0.301. The van der Waals surface area contributed by atoms with Crippen molar-refractivity contribution in [1.82, 2.24) is 4.98 Å². The number of nitrogens with zero attached hydrogens (tertiary/aromatic N) is 1. The summed E-state index contributed by atoms with van der Waals surface area (Å²) in [5.41, 5.74) is 3.77. The van der Waals surface area contributed by atoms with E-state index in [0.717, 1.165) is 18.7 Å². The number of anilines is 2. The van der Waals surface area contributed by atoms with Crippen LogP contribution in [0.15, 0.2) is 54.2 Å². The van der Waals surface area contributed by atoms with Crippen LogP contribution in [0.2, 0.25) is 0 Å². The number of aromatic nitrogens is 1. The molecule has 1 aromatic carbocycles. The third-order valence-corrected chi connectivity index (χ3v) is 4.72. The molecular weight excluding hydrogens is 354 g/mol. The first-order valence-electron chi connectivity index (χ1n) is 9.53. The molecule has 2 N–H and O–H groups in total. The summed E-state index contributed by atoms with van der Waals surface area (Å²) in [6.07, 6.45) is 10.1. The molecule has 0 fully saturated rings. The van der Waals surface area contributed by atoms with Crippen molar-refractivity contribution in [2.75, 3.05) is 24.3 Å². The van der Waals surface area contributed by atoms with Crippen LogP contribution in [0.25, 0.3) is 0 Å². The molecule has 0 saturated carbocycles. The molecule has 146 valence electrons. The summed E-state index contributed by atoms with van der Waals surface area (Å²) >= 11 is 0. The second kappa shape index (κ2) is 9.69. The van der Waals surface area contributed by atoms with Gasteiger partial charge in [0, 0.05) is 12.2 Å². The van der Waals surface area contributed by atoms with Crippen LogP contribution in [-0.4, -0.2) is 30.5 Å². The lowest BCUT2D eigenvalue weighted by Gasteiger charge is -2.13. The van der Waals surface area contributed by atoms with Gasteiger partial charge in [-0.25, -0.2) is 9.78 Å². The summed E-state index contributed by atoms with van der Waals surface area (Å²) in [6.45, 7) is 0.867. The highest BCUT2D eigenvalue weighted by Gasteiger charge is 2.10. The number of amides is 1. The predicted octanol–water partition coefficient (Wildman–Crippen LogP) is 4.42. The Morgan fingerprint density at radius 3 is 2.50 bits per heavy atom. The monoisotopic (exact) mass is 379 g/mol. The number of carbonyl (C=O) groups excluding carboxylic acids is 2. The summed E-state index contributed by atoms with van der Waals surface area (Å²) in [7, 11) is 1.33. The molecule has 6 heteroatoms. The molecule has 0 aliphatic heterocycles. The number of nitrogens with one attached hydrogen (secondary N) is 2. The number of rotatable bonds is 7. The fourth-order valence-corrected chi connectivity index (χ4v) is 3.13. The molecule has 0 bridgehead atoms. The number of methoxy groups -OCH3 is 1. The van der Waals surface area contributed by atoms with Gasteiger partial charge in [-0.1, -0.05) is 11.6 Å². The molecule has 6 nitrogen and oxygen atoms in total. The zero-order chi connectivity index (χ0) is 19.8. The first kappa shape index (κ1) is 19.6. The second-order valence-corrected chi connectivity index (χ2v) is 6.74. The smallest absolute Gasteiger partial charge is 0.337 e. The van der Waals surface area contributed by atoms with E-state index >= 15 is 0 Å². The van der Waals surface area contributed by atoms with Gasteiger partial charge < -0.3 is 15.4 Å². The van der Waals surface area contributed by atoms with Crippen molar-refractivity contribution in [3.63, 3.8) is 0 Å². The Morgan fingerprint density at radius 1 is 1.07 bits per heavy atom. The Balaban J connectivity index is 1.50. The quantitative estimate of drug-likeness (QED) is 0.550. The van der Waals surface area contributed by atoms with Crippen LogP contribution in [-0.2, 0) is 4.74 Å². The molecule has 0 atom stereocenters. The third-order valence-electron chi connectivity index (χ3n) is 4.72. The Hall–Kier alpha value is -3.15. The van der Waals surface area contributed by atoms with Gasteiger partial charge in [0.2, 0.25) is 0 Å². The Kier molecular flexibility index (Phi) is 6.78. The number of carbonyl (C=O) groups is 2. The topological polar surface area (TPSA) is 80.3 Å². The van der Waals surface area contributed by atoms with Crippen LogP contribution >= 0.6 is 0 Å². The van der Waals surface area contributed by atoms with Gasteiger partial charge in [0.1, 0.15) is 5.69 Å². The average molecular weight is 379 g/mol. The van der Waals surface area contributed by atoms with Crippen LogP contribution < -0.4 is 10.6 Å². The van der Waals surface area contributed by atoms with Gasteiger partial charge in [-0.15, -0.1) is 0 Å². The van der Waals surface area contributed by atoms with Gasteiger partial charge in [0.15, 0.2) is 0 Å². The summed E-state index contributed by atoms with van der Waals surface area (Å²) in [5.74, 6) is -0.716. The van der Waals surface area contributed by atoms with E-state index in [9.17, 15) is 9.59 Å². The number of allylic oxidation sites excluding steroid dienone is 1. The zero-order valence-electron chi connectivity index (χ0n) is 16.0. The van der Waals surface area contributed by atoms with E-state index in [1.165, 1.54) is 38.4 Å². The summed E-state index contributed by atoms with van der Waals surface area (Å²) < 4.78 is 4.65. The molecule has 1 amide bonds. The standard InChI is InChI=1S/C22H25N3O3/c1-28-22(27)17-7-9-18(10-8-17)25-21(26)20-12-11-19(15-24-20)23-14-13-16-5-3-2-4-6-16/h5,7-12,15,23H,2-4,6,13-14H2,1H3,(H,25,26). The average Bonchev–Trinajstić information content (AvgIpc) is 2.75. The van der Waals surface area contributed by atoms with E-state index in [1.54, 1.807) is 36.5 Å². The Labute approximate surface area is 165 Å². The Bertz CT molecular complexity index is 842. The molecule has 1 aliphatic rings. The van der Waals surface area contributed by atoms with Gasteiger partial charge in [0.25, 0.3) is 5.91 Å².